The number of furan rings is 1. The van der Waals surface area contributed by atoms with Crippen molar-refractivity contribution in [3.8, 4) is 0 Å². The Bertz CT molecular complexity index is 773. The van der Waals surface area contributed by atoms with Gasteiger partial charge in [-0.15, -0.1) is 0 Å². The van der Waals surface area contributed by atoms with Gasteiger partial charge in [0.1, 0.15) is 5.76 Å². The summed E-state index contributed by atoms with van der Waals surface area (Å²) in [5, 5.41) is 3.55. The molecule has 1 amide bonds. The van der Waals surface area contributed by atoms with Crippen LogP contribution in [0.4, 0.5) is 5.69 Å². The third kappa shape index (κ3) is 3.54. The van der Waals surface area contributed by atoms with Crippen molar-refractivity contribution in [2.45, 2.75) is 44.1 Å². The SMILES string of the molecule is C[C@@H]1CCCC[C@@H]1N1C(=O)/C(=C/c2ccco2)SC1Nc1ccccc1. The van der Waals surface area contributed by atoms with Gasteiger partial charge in [-0.25, -0.2) is 0 Å². The summed E-state index contributed by atoms with van der Waals surface area (Å²) in [6.45, 7) is 2.27. The van der Waals surface area contributed by atoms with Gasteiger partial charge in [0.05, 0.1) is 11.2 Å². The number of hydrogen-bond acceptors (Lipinski definition) is 4. The molecule has 26 heavy (non-hydrogen) atoms. The standard InChI is InChI=1S/C21H24N2O2S/c1-15-8-5-6-12-18(15)23-20(24)19(14-17-11-7-13-25-17)26-21(23)22-16-9-3-2-4-10-16/h2-4,7,9-11,13-15,18,21-22H,5-6,8,12H2,1H3/b19-14-/t15-,18+,21?/m1/s1. The number of amides is 1. The molecule has 4 nitrogen and oxygen atoms in total. The van der Waals surface area contributed by atoms with Crippen LogP contribution in [0.15, 0.2) is 58.1 Å². The largest absolute Gasteiger partial charge is 0.465 e. The summed E-state index contributed by atoms with van der Waals surface area (Å²) < 4.78 is 5.42. The lowest BCUT2D eigenvalue weighted by atomic mass is 9.85. The normalized spacial score (nSPS) is 27.9. The van der Waals surface area contributed by atoms with E-state index in [9.17, 15) is 4.79 Å². The maximum Gasteiger partial charge on any atom is 0.263 e. The highest BCUT2D eigenvalue weighted by Gasteiger charge is 2.42. The van der Waals surface area contributed by atoms with E-state index < -0.39 is 0 Å². The first-order valence-corrected chi connectivity index (χ1v) is 10.2. The van der Waals surface area contributed by atoms with E-state index in [0.29, 0.717) is 5.92 Å². The van der Waals surface area contributed by atoms with Gasteiger partial charge in [-0.05, 0) is 43.0 Å². The Morgan fingerprint density at radius 1 is 1.15 bits per heavy atom. The van der Waals surface area contributed by atoms with Crippen molar-refractivity contribution >= 4 is 29.4 Å². The predicted octanol–water partition coefficient (Wildman–Crippen LogP) is 5.17. The van der Waals surface area contributed by atoms with E-state index in [-0.39, 0.29) is 17.4 Å². The quantitative estimate of drug-likeness (QED) is 0.756. The molecule has 1 aliphatic heterocycles. The molecule has 1 aromatic heterocycles. The maximum atomic E-state index is 13.2. The zero-order chi connectivity index (χ0) is 17.9. The molecule has 5 heteroatoms. The second-order valence-electron chi connectivity index (χ2n) is 7.05. The molecular weight excluding hydrogens is 344 g/mol. The number of carbonyl (C=O) groups excluding carboxylic acids is 1. The molecule has 2 aromatic rings. The van der Waals surface area contributed by atoms with E-state index in [0.717, 1.165) is 22.8 Å². The fourth-order valence-corrected chi connectivity index (χ4v) is 5.06. The number of benzene rings is 1. The lowest BCUT2D eigenvalue weighted by Gasteiger charge is -2.39. The lowest BCUT2D eigenvalue weighted by molar-refractivity contribution is -0.129. The van der Waals surface area contributed by atoms with E-state index in [1.165, 1.54) is 19.3 Å². The molecule has 136 valence electrons. The van der Waals surface area contributed by atoms with Crippen molar-refractivity contribution in [2.75, 3.05) is 5.32 Å². The molecule has 2 fully saturated rings. The highest BCUT2D eigenvalue weighted by atomic mass is 32.2. The first-order chi connectivity index (χ1) is 12.7. The number of carbonyl (C=O) groups is 1. The molecule has 1 aromatic carbocycles. The van der Waals surface area contributed by atoms with Gasteiger partial charge in [-0.3, -0.25) is 4.79 Å². The molecular formula is C21H24N2O2S. The summed E-state index contributed by atoms with van der Waals surface area (Å²) in [5.74, 6) is 1.35. The van der Waals surface area contributed by atoms with Crippen LogP contribution in [-0.4, -0.2) is 22.3 Å². The Balaban J connectivity index is 1.63. The molecule has 0 spiro atoms. The minimum atomic E-state index is -0.0864. The van der Waals surface area contributed by atoms with Crippen LogP contribution in [0.3, 0.4) is 0 Å². The van der Waals surface area contributed by atoms with Crippen molar-refractivity contribution in [1.29, 1.82) is 0 Å². The van der Waals surface area contributed by atoms with Crippen LogP contribution in [0.5, 0.6) is 0 Å². The summed E-state index contributed by atoms with van der Waals surface area (Å²) in [4.78, 5) is 16.0. The Morgan fingerprint density at radius 2 is 1.96 bits per heavy atom. The molecule has 1 saturated carbocycles. The van der Waals surface area contributed by atoms with Gasteiger partial charge in [0.2, 0.25) is 0 Å². The summed E-state index contributed by atoms with van der Waals surface area (Å²) in [6.07, 6.45) is 8.22. The number of rotatable bonds is 4. The van der Waals surface area contributed by atoms with Crippen molar-refractivity contribution in [3.05, 3.63) is 59.4 Å². The Labute approximate surface area is 158 Å². The average molecular weight is 369 g/mol. The summed E-state index contributed by atoms with van der Waals surface area (Å²) in [6, 6.07) is 14.1. The predicted molar refractivity (Wildman–Crippen MR) is 106 cm³/mol. The second kappa shape index (κ2) is 7.62. The van der Waals surface area contributed by atoms with E-state index in [1.807, 2.05) is 48.5 Å². The molecule has 0 radical (unpaired) electrons. The van der Waals surface area contributed by atoms with Gasteiger partial charge in [-0.2, -0.15) is 0 Å². The highest BCUT2D eigenvalue weighted by Crippen LogP contribution is 2.42. The van der Waals surface area contributed by atoms with Crippen LogP contribution in [0.1, 0.15) is 38.4 Å². The zero-order valence-electron chi connectivity index (χ0n) is 14.9. The molecule has 1 unspecified atom stereocenters. The highest BCUT2D eigenvalue weighted by molar-refractivity contribution is 8.05. The van der Waals surface area contributed by atoms with Gasteiger partial charge in [0, 0.05) is 17.8 Å². The Kier molecular flexibility index (Phi) is 5.07. The van der Waals surface area contributed by atoms with Crippen LogP contribution >= 0.6 is 11.8 Å². The van der Waals surface area contributed by atoms with Gasteiger partial charge in [0.15, 0.2) is 5.50 Å². The van der Waals surface area contributed by atoms with Crippen LogP contribution in [0.2, 0.25) is 0 Å². The number of nitrogens with zero attached hydrogens (tertiary/aromatic N) is 1. The summed E-state index contributed by atoms with van der Waals surface area (Å²) in [5.41, 5.74) is 0.946. The minimum Gasteiger partial charge on any atom is -0.465 e. The van der Waals surface area contributed by atoms with Crippen molar-refractivity contribution in [3.63, 3.8) is 0 Å². The van der Waals surface area contributed by atoms with E-state index in [1.54, 1.807) is 18.0 Å². The molecule has 1 aliphatic carbocycles. The molecule has 4 rings (SSSR count). The molecule has 2 heterocycles. The molecule has 0 bridgehead atoms. The third-order valence-corrected chi connectivity index (χ3v) is 6.36. The van der Waals surface area contributed by atoms with E-state index >= 15 is 0 Å². The van der Waals surface area contributed by atoms with Crippen LogP contribution < -0.4 is 5.32 Å². The number of para-hydroxylation sites is 1. The van der Waals surface area contributed by atoms with Crippen molar-refractivity contribution in [1.82, 2.24) is 4.90 Å². The van der Waals surface area contributed by atoms with Crippen molar-refractivity contribution < 1.29 is 9.21 Å². The third-order valence-electron chi connectivity index (χ3n) is 5.24. The topological polar surface area (TPSA) is 45.5 Å². The average Bonchev–Trinajstić information content (AvgIpc) is 3.26. The number of thioether (sulfide) groups is 1. The maximum absolute atomic E-state index is 13.2. The fraction of sp³-hybridized carbons (Fsp3) is 0.381. The molecule has 1 N–H and O–H groups in total. The van der Waals surface area contributed by atoms with Gasteiger partial charge < -0.3 is 14.6 Å². The van der Waals surface area contributed by atoms with Crippen LogP contribution in [0.25, 0.3) is 6.08 Å². The summed E-state index contributed by atoms with van der Waals surface area (Å²) >= 11 is 1.58. The fourth-order valence-electron chi connectivity index (χ4n) is 3.87. The summed E-state index contributed by atoms with van der Waals surface area (Å²) in [7, 11) is 0. The van der Waals surface area contributed by atoms with Gasteiger partial charge in [-0.1, -0.05) is 49.7 Å². The smallest absolute Gasteiger partial charge is 0.263 e. The lowest BCUT2D eigenvalue weighted by Crippen LogP contribution is -2.48. The molecule has 1 saturated heterocycles. The Hall–Kier alpha value is -2.14. The van der Waals surface area contributed by atoms with E-state index in [2.05, 4.69) is 17.1 Å². The first kappa shape index (κ1) is 17.3. The monoisotopic (exact) mass is 368 g/mol. The number of nitrogens with one attached hydrogen (secondary N) is 1. The first-order valence-electron chi connectivity index (χ1n) is 9.28. The number of anilines is 1. The van der Waals surface area contributed by atoms with Crippen LogP contribution in [-0.2, 0) is 4.79 Å². The molecule has 2 aliphatic rings. The second-order valence-corrected chi connectivity index (χ2v) is 8.17. The van der Waals surface area contributed by atoms with Gasteiger partial charge >= 0.3 is 0 Å². The molecule has 3 atom stereocenters. The Morgan fingerprint density at radius 3 is 2.69 bits per heavy atom. The number of hydrogen-bond donors (Lipinski definition) is 1. The van der Waals surface area contributed by atoms with Crippen molar-refractivity contribution in [2.24, 2.45) is 5.92 Å². The van der Waals surface area contributed by atoms with Gasteiger partial charge in [0.25, 0.3) is 5.91 Å². The van der Waals surface area contributed by atoms with E-state index in [4.69, 9.17) is 4.42 Å². The van der Waals surface area contributed by atoms with Crippen LogP contribution in [0, 0.1) is 5.92 Å². The minimum absolute atomic E-state index is 0.0864. The zero-order valence-corrected chi connectivity index (χ0v) is 15.7.